The summed E-state index contributed by atoms with van der Waals surface area (Å²) in [5.41, 5.74) is 0.995. The second-order valence-corrected chi connectivity index (χ2v) is 4.96. The van der Waals surface area contributed by atoms with Crippen LogP contribution in [0.25, 0.3) is 0 Å². The van der Waals surface area contributed by atoms with Gasteiger partial charge < -0.3 is 9.84 Å². The maximum Gasteiger partial charge on any atom is 0.306 e. The number of benzene rings is 1. The second-order valence-electron chi connectivity index (χ2n) is 4.96. The first-order chi connectivity index (χ1) is 8.75. The van der Waals surface area contributed by atoms with Crippen LogP contribution in [-0.2, 0) is 16.1 Å². The Morgan fingerprint density at radius 3 is 2.67 bits per heavy atom. The van der Waals surface area contributed by atoms with Crippen molar-refractivity contribution >= 4 is 5.97 Å². The third kappa shape index (κ3) is 3.84. The van der Waals surface area contributed by atoms with Crippen molar-refractivity contribution in [1.82, 2.24) is 0 Å². The molecule has 0 spiro atoms. The molecule has 1 saturated carbocycles. The number of carbonyl (C=O) groups excluding carboxylic acids is 1. The molecular weight excluding hydrogens is 228 g/mol. The molecule has 2 unspecified atom stereocenters. The molecule has 2 atom stereocenters. The summed E-state index contributed by atoms with van der Waals surface area (Å²) in [6, 6.07) is 9.65. The van der Waals surface area contributed by atoms with E-state index in [2.05, 4.69) is 0 Å². The third-order valence-electron chi connectivity index (χ3n) is 3.54. The highest BCUT2D eigenvalue weighted by Gasteiger charge is 2.25. The molecule has 0 bridgehead atoms. The highest BCUT2D eigenvalue weighted by molar-refractivity contribution is 5.69. The molecular formula is C15H20O3. The van der Waals surface area contributed by atoms with Crippen LogP contribution in [0.3, 0.4) is 0 Å². The Hall–Kier alpha value is -1.35. The van der Waals surface area contributed by atoms with Crippen molar-refractivity contribution in [2.75, 3.05) is 0 Å². The molecule has 1 aliphatic carbocycles. The molecule has 3 heteroatoms. The average Bonchev–Trinajstić information content (AvgIpc) is 2.40. The predicted molar refractivity (Wildman–Crippen MR) is 68.8 cm³/mol. The van der Waals surface area contributed by atoms with Gasteiger partial charge in [-0.1, -0.05) is 43.2 Å². The predicted octanol–water partition coefficient (Wildman–Crippen LogP) is 2.67. The summed E-state index contributed by atoms with van der Waals surface area (Å²) < 4.78 is 5.23. The zero-order valence-corrected chi connectivity index (χ0v) is 10.5. The van der Waals surface area contributed by atoms with Gasteiger partial charge in [-0.25, -0.2) is 0 Å². The number of rotatable bonds is 4. The minimum absolute atomic E-state index is 0.0852. The fourth-order valence-corrected chi connectivity index (χ4v) is 2.44. The van der Waals surface area contributed by atoms with Crippen LogP contribution in [-0.4, -0.2) is 17.2 Å². The topological polar surface area (TPSA) is 46.5 Å². The van der Waals surface area contributed by atoms with Gasteiger partial charge >= 0.3 is 5.97 Å². The molecule has 2 rings (SSSR count). The monoisotopic (exact) mass is 248 g/mol. The zero-order chi connectivity index (χ0) is 12.8. The highest BCUT2D eigenvalue weighted by atomic mass is 16.5. The highest BCUT2D eigenvalue weighted by Crippen LogP contribution is 2.27. The molecule has 18 heavy (non-hydrogen) atoms. The van der Waals surface area contributed by atoms with Gasteiger partial charge in [0.05, 0.1) is 12.5 Å². The smallest absolute Gasteiger partial charge is 0.306 e. The van der Waals surface area contributed by atoms with Crippen molar-refractivity contribution in [1.29, 1.82) is 0 Å². The van der Waals surface area contributed by atoms with E-state index in [0.717, 1.165) is 31.2 Å². The number of aliphatic hydroxyl groups is 1. The first kappa shape index (κ1) is 13.1. The van der Waals surface area contributed by atoms with Crippen LogP contribution in [0.4, 0.5) is 0 Å². The Bertz CT molecular complexity index is 375. The zero-order valence-electron chi connectivity index (χ0n) is 10.5. The van der Waals surface area contributed by atoms with Crippen LogP contribution in [0.15, 0.2) is 30.3 Å². The lowest BCUT2D eigenvalue weighted by atomic mass is 9.84. The summed E-state index contributed by atoms with van der Waals surface area (Å²) in [4.78, 5) is 11.7. The van der Waals surface area contributed by atoms with Crippen LogP contribution in [0.5, 0.6) is 0 Å². The molecule has 1 aromatic rings. The summed E-state index contributed by atoms with van der Waals surface area (Å²) in [6.07, 6.45) is 3.93. The molecule has 1 N–H and O–H groups in total. The molecule has 0 heterocycles. The van der Waals surface area contributed by atoms with Crippen LogP contribution < -0.4 is 0 Å². The molecule has 0 aromatic heterocycles. The van der Waals surface area contributed by atoms with Crippen molar-refractivity contribution in [3.05, 3.63) is 35.9 Å². The van der Waals surface area contributed by atoms with Crippen molar-refractivity contribution in [3.8, 4) is 0 Å². The SMILES string of the molecule is O=C(CC1CCCCC1O)OCc1ccccc1. The molecule has 1 aromatic carbocycles. The van der Waals surface area contributed by atoms with E-state index < -0.39 is 0 Å². The van der Waals surface area contributed by atoms with Crippen molar-refractivity contribution in [2.24, 2.45) is 5.92 Å². The molecule has 1 fully saturated rings. The van der Waals surface area contributed by atoms with E-state index in [4.69, 9.17) is 4.74 Å². The summed E-state index contributed by atoms with van der Waals surface area (Å²) >= 11 is 0. The van der Waals surface area contributed by atoms with Gasteiger partial charge in [0.1, 0.15) is 6.61 Å². The van der Waals surface area contributed by atoms with Gasteiger partial charge in [-0.05, 0) is 24.3 Å². The average molecular weight is 248 g/mol. The molecule has 98 valence electrons. The number of carbonyl (C=O) groups is 1. The quantitative estimate of drug-likeness (QED) is 0.833. The fraction of sp³-hybridized carbons (Fsp3) is 0.533. The molecule has 1 aliphatic rings. The van der Waals surface area contributed by atoms with E-state index in [0.29, 0.717) is 13.0 Å². The number of esters is 1. The van der Waals surface area contributed by atoms with E-state index >= 15 is 0 Å². The number of hydrogen-bond donors (Lipinski definition) is 1. The molecule has 0 radical (unpaired) electrons. The Morgan fingerprint density at radius 2 is 1.94 bits per heavy atom. The van der Waals surface area contributed by atoms with Gasteiger partial charge in [0, 0.05) is 0 Å². The van der Waals surface area contributed by atoms with E-state index in [-0.39, 0.29) is 18.0 Å². The Morgan fingerprint density at radius 1 is 1.22 bits per heavy atom. The summed E-state index contributed by atoms with van der Waals surface area (Å²) in [6.45, 7) is 0.322. The van der Waals surface area contributed by atoms with Gasteiger partial charge in [-0.2, -0.15) is 0 Å². The fourth-order valence-electron chi connectivity index (χ4n) is 2.44. The van der Waals surface area contributed by atoms with Crippen LogP contribution in [0, 0.1) is 5.92 Å². The molecule has 3 nitrogen and oxygen atoms in total. The van der Waals surface area contributed by atoms with Crippen LogP contribution in [0.1, 0.15) is 37.7 Å². The Balaban J connectivity index is 1.75. The van der Waals surface area contributed by atoms with E-state index in [1.165, 1.54) is 0 Å². The molecule has 0 saturated heterocycles. The van der Waals surface area contributed by atoms with Gasteiger partial charge in [0.15, 0.2) is 0 Å². The number of hydrogen-bond acceptors (Lipinski definition) is 3. The lowest BCUT2D eigenvalue weighted by Gasteiger charge is -2.26. The first-order valence-electron chi connectivity index (χ1n) is 6.63. The summed E-state index contributed by atoms with van der Waals surface area (Å²) in [5.74, 6) is -0.119. The van der Waals surface area contributed by atoms with Crippen LogP contribution in [0.2, 0.25) is 0 Å². The maximum atomic E-state index is 11.7. The second kappa shape index (κ2) is 6.55. The van der Waals surface area contributed by atoms with Gasteiger partial charge in [-0.3, -0.25) is 4.79 Å². The minimum atomic E-state index is -0.331. The summed E-state index contributed by atoms with van der Waals surface area (Å²) in [7, 11) is 0. The molecule has 0 aliphatic heterocycles. The van der Waals surface area contributed by atoms with Crippen LogP contribution >= 0.6 is 0 Å². The normalized spacial score (nSPS) is 23.6. The summed E-state index contributed by atoms with van der Waals surface area (Å²) in [5, 5.41) is 9.80. The minimum Gasteiger partial charge on any atom is -0.461 e. The van der Waals surface area contributed by atoms with Gasteiger partial charge in [-0.15, -0.1) is 0 Å². The Kier molecular flexibility index (Phi) is 4.76. The van der Waals surface area contributed by atoms with Crippen molar-refractivity contribution in [2.45, 2.75) is 44.8 Å². The lowest BCUT2D eigenvalue weighted by molar-refractivity contribution is -0.147. The lowest BCUT2D eigenvalue weighted by Crippen LogP contribution is -2.27. The van der Waals surface area contributed by atoms with E-state index in [9.17, 15) is 9.90 Å². The largest absolute Gasteiger partial charge is 0.461 e. The first-order valence-corrected chi connectivity index (χ1v) is 6.63. The van der Waals surface area contributed by atoms with E-state index in [1.54, 1.807) is 0 Å². The third-order valence-corrected chi connectivity index (χ3v) is 3.54. The van der Waals surface area contributed by atoms with Gasteiger partial charge in [0.25, 0.3) is 0 Å². The van der Waals surface area contributed by atoms with E-state index in [1.807, 2.05) is 30.3 Å². The standard InChI is InChI=1S/C15H20O3/c16-14-9-5-4-8-13(14)10-15(17)18-11-12-6-2-1-3-7-12/h1-3,6-7,13-14,16H,4-5,8-11H2. The maximum absolute atomic E-state index is 11.7. The van der Waals surface area contributed by atoms with Gasteiger partial charge in [0.2, 0.25) is 0 Å². The van der Waals surface area contributed by atoms with Crippen molar-refractivity contribution in [3.63, 3.8) is 0 Å². The molecule has 0 amide bonds. The number of aliphatic hydroxyl groups excluding tert-OH is 1. The Labute approximate surface area is 108 Å². The van der Waals surface area contributed by atoms with Crippen molar-refractivity contribution < 1.29 is 14.6 Å². The number of ether oxygens (including phenoxy) is 1.